The van der Waals surface area contributed by atoms with E-state index in [4.69, 9.17) is 4.74 Å². The molecule has 0 unspecified atom stereocenters. The second-order valence-electron chi connectivity index (χ2n) is 7.53. The molecule has 1 aliphatic rings. The summed E-state index contributed by atoms with van der Waals surface area (Å²) in [5.74, 6) is 0.262. The van der Waals surface area contributed by atoms with E-state index in [-0.39, 0.29) is 17.9 Å². The van der Waals surface area contributed by atoms with Crippen molar-refractivity contribution in [2.45, 2.75) is 46.1 Å². The highest BCUT2D eigenvalue weighted by atomic mass is 16.6. The number of hydrogen-bond donors (Lipinski definition) is 1. The van der Waals surface area contributed by atoms with E-state index < -0.39 is 5.60 Å². The molecule has 24 heavy (non-hydrogen) atoms. The molecule has 1 aromatic heterocycles. The number of likely N-dealkylation sites (tertiary alicyclic amines) is 1. The highest BCUT2D eigenvalue weighted by Gasteiger charge is 2.28. The van der Waals surface area contributed by atoms with Crippen LogP contribution in [0.15, 0.2) is 6.20 Å². The van der Waals surface area contributed by atoms with E-state index in [1.165, 1.54) is 0 Å². The summed E-state index contributed by atoms with van der Waals surface area (Å²) in [7, 11) is 1.75. The fourth-order valence-electron chi connectivity index (χ4n) is 2.94. The number of ether oxygens (including phenoxy) is 1. The number of aryl methyl sites for hydroxylation is 1. The fourth-order valence-corrected chi connectivity index (χ4v) is 2.94. The van der Waals surface area contributed by atoms with Crippen LogP contribution < -0.4 is 0 Å². The lowest BCUT2D eigenvalue weighted by Gasteiger charge is -2.35. The lowest BCUT2D eigenvalue weighted by atomic mass is 9.97. The topological polar surface area (TPSA) is 78.5 Å². The first-order chi connectivity index (χ1) is 11.2. The van der Waals surface area contributed by atoms with E-state index >= 15 is 0 Å². The van der Waals surface area contributed by atoms with Crippen LogP contribution in [0.2, 0.25) is 0 Å². The van der Waals surface area contributed by atoms with Crippen molar-refractivity contribution >= 4 is 12.0 Å². The molecule has 0 spiro atoms. The number of nitrogens with zero attached hydrogens (tertiary/aromatic N) is 3. The van der Waals surface area contributed by atoms with E-state index in [2.05, 4.69) is 10.2 Å². The zero-order chi connectivity index (χ0) is 17.9. The van der Waals surface area contributed by atoms with Gasteiger partial charge in [-0.1, -0.05) is 0 Å². The summed E-state index contributed by atoms with van der Waals surface area (Å²) < 4.78 is 5.38. The highest BCUT2D eigenvalue weighted by molar-refractivity contribution is 5.95. The quantitative estimate of drug-likeness (QED) is 0.919. The van der Waals surface area contributed by atoms with Crippen molar-refractivity contribution in [1.82, 2.24) is 20.0 Å². The van der Waals surface area contributed by atoms with Gasteiger partial charge < -0.3 is 14.5 Å². The van der Waals surface area contributed by atoms with Gasteiger partial charge in [-0.3, -0.25) is 9.89 Å². The Balaban J connectivity index is 1.92. The maximum Gasteiger partial charge on any atom is 0.410 e. The van der Waals surface area contributed by atoms with Gasteiger partial charge in [0.25, 0.3) is 5.91 Å². The van der Waals surface area contributed by atoms with Gasteiger partial charge >= 0.3 is 6.09 Å². The molecular weight excluding hydrogens is 308 g/mol. The van der Waals surface area contributed by atoms with E-state index in [0.717, 1.165) is 25.1 Å². The smallest absolute Gasteiger partial charge is 0.410 e. The molecule has 2 rings (SSSR count). The van der Waals surface area contributed by atoms with Gasteiger partial charge in [-0.05, 0) is 46.5 Å². The summed E-state index contributed by atoms with van der Waals surface area (Å²) in [5, 5.41) is 6.72. The largest absolute Gasteiger partial charge is 0.444 e. The molecule has 0 aromatic carbocycles. The van der Waals surface area contributed by atoms with Crippen molar-refractivity contribution in [3.63, 3.8) is 0 Å². The maximum absolute atomic E-state index is 12.6. The van der Waals surface area contributed by atoms with Crippen LogP contribution in [0.1, 0.15) is 49.7 Å². The Bertz CT molecular complexity index is 591. The number of nitrogens with one attached hydrogen (secondary N) is 1. The molecule has 1 aliphatic heterocycles. The number of carbonyl (C=O) groups excluding carboxylic acids is 2. The van der Waals surface area contributed by atoms with Crippen LogP contribution in [0.25, 0.3) is 0 Å². The molecular formula is C17H28N4O3. The molecule has 7 heteroatoms. The van der Waals surface area contributed by atoms with Crippen LogP contribution in [-0.4, -0.2) is 64.3 Å². The van der Waals surface area contributed by atoms with Crippen molar-refractivity contribution in [2.24, 2.45) is 5.92 Å². The van der Waals surface area contributed by atoms with Gasteiger partial charge in [0.1, 0.15) is 5.60 Å². The number of aromatic amines is 1. The number of rotatable bonds is 3. The number of hydrogen-bond acceptors (Lipinski definition) is 4. The van der Waals surface area contributed by atoms with Gasteiger partial charge in [-0.2, -0.15) is 5.10 Å². The maximum atomic E-state index is 12.6. The highest BCUT2D eigenvalue weighted by Crippen LogP contribution is 2.21. The van der Waals surface area contributed by atoms with E-state index in [1.54, 1.807) is 18.1 Å². The number of carbonyl (C=O) groups is 2. The van der Waals surface area contributed by atoms with Crippen molar-refractivity contribution in [3.05, 3.63) is 17.5 Å². The Hall–Kier alpha value is -2.05. The fraction of sp³-hybridized carbons (Fsp3) is 0.706. The average molecular weight is 336 g/mol. The molecule has 7 nitrogen and oxygen atoms in total. The first-order valence-electron chi connectivity index (χ1n) is 8.40. The first-order valence-corrected chi connectivity index (χ1v) is 8.40. The lowest BCUT2D eigenvalue weighted by Crippen LogP contribution is -2.45. The first kappa shape index (κ1) is 18.3. The number of amides is 2. The summed E-state index contributed by atoms with van der Waals surface area (Å²) in [6.45, 7) is 9.39. The molecule has 1 fully saturated rings. The van der Waals surface area contributed by atoms with Gasteiger partial charge in [0, 0.05) is 32.4 Å². The van der Waals surface area contributed by atoms with Crippen LogP contribution in [-0.2, 0) is 4.74 Å². The summed E-state index contributed by atoms with van der Waals surface area (Å²) in [6.07, 6.45) is 3.20. The Morgan fingerprint density at radius 1 is 1.46 bits per heavy atom. The predicted molar refractivity (Wildman–Crippen MR) is 90.8 cm³/mol. The minimum atomic E-state index is -0.501. The normalized spacial score (nSPS) is 18.4. The molecule has 2 heterocycles. The second-order valence-corrected chi connectivity index (χ2v) is 7.53. The lowest BCUT2D eigenvalue weighted by molar-refractivity contribution is 0.0244. The molecule has 1 saturated heterocycles. The Morgan fingerprint density at radius 3 is 2.75 bits per heavy atom. The zero-order valence-corrected chi connectivity index (χ0v) is 15.3. The number of H-pyrrole nitrogens is 1. The molecule has 2 amide bonds. The van der Waals surface area contributed by atoms with Gasteiger partial charge in [-0.15, -0.1) is 0 Å². The van der Waals surface area contributed by atoms with E-state index in [1.807, 2.05) is 32.6 Å². The van der Waals surface area contributed by atoms with Gasteiger partial charge in [0.2, 0.25) is 0 Å². The third kappa shape index (κ3) is 4.72. The van der Waals surface area contributed by atoms with Crippen LogP contribution in [0, 0.1) is 12.8 Å². The summed E-state index contributed by atoms with van der Waals surface area (Å²) in [4.78, 5) is 28.1. The van der Waals surface area contributed by atoms with Crippen molar-refractivity contribution in [3.8, 4) is 0 Å². The van der Waals surface area contributed by atoms with E-state index in [0.29, 0.717) is 18.7 Å². The third-order valence-electron chi connectivity index (χ3n) is 4.10. The molecule has 1 N–H and O–H groups in total. The Kier molecular flexibility index (Phi) is 5.51. The van der Waals surface area contributed by atoms with Gasteiger partial charge in [-0.25, -0.2) is 4.79 Å². The molecule has 0 bridgehead atoms. The number of piperidine rings is 1. The summed E-state index contributed by atoms with van der Waals surface area (Å²) in [5.41, 5.74) is 0.905. The van der Waals surface area contributed by atoms with E-state index in [9.17, 15) is 9.59 Å². The van der Waals surface area contributed by atoms with Crippen LogP contribution in [0.5, 0.6) is 0 Å². The minimum absolute atomic E-state index is 0.00544. The third-order valence-corrected chi connectivity index (χ3v) is 4.10. The van der Waals surface area contributed by atoms with Crippen molar-refractivity contribution in [2.75, 3.05) is 26.7 Å². The van der Waals surface area contributed by atoms with Crippen LogP contribution >= 0.6 is 0 Å². The number of aromatic nitrogens is 2. The minimum Gasteiger partial charge on any atom is -0.444 e. The Labute approximate surface area is 143 Å². The SMILES string of the molecule is Cc1[nH]ncc1C(=O)N1CCC[C@H](CN(C)C(=O)OC(C)(C)C)C1. The average Bonchev–Trinajstić information content (AvgIpc) is 2.91. The van der Waals surface area contributed by atoms with Crippen LogP contribution in [0.4, 0.5) is 4.79 Å². The molecule has 0 radical (unpaired) electrons. The standard InChI is InChI=1S/C17H28N4O3/c1-12-14(9-18-19-12)15(22)21-8-6-7-13(11-21)10-20(5)16(23)24-17(2,3)4/h9,13H,6-8,10-11H2,1-5H3,(H,18,19)/t13-/m1/s1. The molecule has 1 aromatic rings. The van der Waals surface area contributed by atoms with Crippen LogP contribution in [0.3, 0.4) is 0 Å². The second kappa shape index (κ2) is 7.23. The monoisotopic (exact) mass is 336 g/mol. The summed E-state index contributed by atoms with van der Waals surface area (Å²) >= 11 is 0. The Morgan fingerprint density at radius 2 is 2.17 bits per heavy atom. The van der Waals surface area contributed by atoms with Gasteiger partial charge in [0.05, 0.1) is 11.8 Å². The van der Waals surface area contributed by atoms with Crippen molar-refractivity contribution in [1.29, 1.82) is 0 Å². The molecule has 0 saturated carbocycles. The zero-order valence-electron chi connectivity index (χ0n) is 15.3. The predicted octanol–water partition coefficient (Wildman–Crippen LogP) is 2.44. The van der Waals surface area contributed by atoms with Crippen molar-refractivity contribution < 1.29 is 14.3 Å². The van der Waals surface area contributed by atoms with Gasteiger partial charge in [0.15, 0.2) is 0 Å². The summed E-state index contributed by atoms with van der Waals surface area (Å²) in [6, 6.07) is 0. The molecule has 0 aliphatic carbocycles. The molecule has 1 atom stereocenters. The molecule has 134 valence electrons.